The summed E-state index contributed by atoms with van der Waals surface area (Å²) in [4.78, 5) is 19.0. The van der Waals surface area contributed by atoms with Crippen LogP contribution >= 0.6 is 11.3 Å². The molecule has 0 saturated heterocycles. The number of rotatable bonds is 7. The average Bonchev–Trinajstić information content (AvgIpc) is 3.20. The first-order chi connectivity index (χ1) is 14.6. The van der Waals surface area contributed by atoms with Crippen molar-refractivity contribution >= 4 is 49.7 Å². The number of hydrogen-bond acceptors (Lipinski definition) is 6. The zero-order chi connectivity index (χ0) is 20.9. The van der Waals surface area contributed by atoms with Crippen molar-refractivity contribution in [2.24, 2.45) is 0 Å². The first-order valence-electron chi connectivity index (χ1n) is 9.49. The molecular weight excluding hydrogens is 396 g/mol. The highest BCUT2D eigenvalue weighted by molar-refractivity contribution is 7.22. The molecule has 0 fully saturated rings. The van der Waals surface area contributed by atoms with E-state index in [1.54, 1.807) is 7.11 Å². The number of fused-ring (bicyclic) bond motifs is 1. The molecule has 152 valence electrons. The Bertz CT molecular complexity index is 1140. The van der Waals surface area contributed by atoms with Crippen molar-refractivity contribution in [1.29, 1.82) is 0 Å². The summed E-state index contributed by atoms with van der Waals surface area (Å²) in [6, 6.07) is 23.4. The molecule has 0 bridgehead atoms. The molecule has 0 unspecified atom stereocenters. The fourth-order valence-corrected chi connectivity index (χ4v) is 3.99. The molecule has 6 nitrogen and oxygen atoms in total. The fraction of sp³-hybridized carbons (Fsp3) is 0.130. The Labute approximate surface area is 179 Å². The zero-order valence-electron chi connectivity index (χ0n) is 16.8. The van der Waals surface area contributed by atoms with E-state index in [1.807, 2.05) is 84.7 Å². The number of hydrogen-bond donors (Lipinski definition) is 2. The molecule has 0 radical (unpaired) electrons. The van der Waals surface area contributed by atoms with Gasteiger partial charge in [-0.25, -0.2) is 4.98 Å². The van der Waals surface area contributed by atoms with Crippen LogP contribution in [0, 0.1) is 0 Å². The molecule has 1 amide bonds. The summed E-state index contributed by atoms with van der Waals surface area (Å²) in [5.74, 6) is 0.629. The van der Waals surface area contributed by atoms with Gasteiger partial charge in [-0.05, 0) is 48.5 Å². The summed E-state index contributed by atoms with van der Waals surface area (Å²) < 4.78 is 6.39. The second kappa shape index (κ2) is 8.84. The van der Waals surface area contributed by atoms with Crippen molar-refractivity contribution in [3.63, 3.8) is 0 Å². The smallest absolute Gasteiger partial charge is 0.243 e. The van der Waals surface area contributed by atoms with Crippen LogP contribution < -0.4 is 20.3 Å². The Kier molecular flexibility index (Phi) is 5.81. The van der Waals surface area contributed by atoms with Gasteiger partial charge < -0.3 is 20.3 Å². The predicted molar refractivity (Wildman–Crippen MR) is 124 cm³/mol. The minimum absolute atomic E-state index is 0.104. The lowest BCUT2D eigenvalue weighted by molar-refractivity contribution is -0.114. The van der Waals surface area contributed by atoms with Crippen molar-refractivity contribution in [1.82, 2.24) is 4.98 Å². The highest BCUT2D eigenvalue weighted by atomic mass is 32.1. The van der Waals surface area contributed by atoms with E-state index < -0.39 is 0 Å². The van der Waals surface area contributed by atoms with Crippen molar-refractivity contribution < 1.29 is 9.53 Å². The number of carbonyl (C=O) groups is 1. The molecule has 0 aliphatic rings. The quantitative estimate of drug-likeness (QED) is 0.436. The van der Waals surface area contributed by atoms with E-state index in [2.05, 4.69) is 15.6 Å². The minimum atomic E-state index is -0.104. The summed E-state index contributed by atoms with van der Waals surface area (Å²) in [5, 5.41) is 7.03. The van der Waals surface area contributed by atoms with Crippen LogP contribution in [0.15, 0.2) is 72.8 Å². The highest BCUT2D eigenvalue weighted by Gasteiger charge is 2.14. The van der Waals surface area contributed by atoms with E-state index in [0.29, 0.717) is 0 Å². The number of nitrogens with one attached hydrogen (secondary N) is 2. The van der Waals surface area contributed by atoms with Gasteiger partial charge in [0.05, 0.1) is 18.4 Å². The van der Waals surface area contributed by atoms with E-state index in [-0.39, 0.29) is 12.5 Å². The molecule has 1 aromatic heterocycles. The average molecular weight is 419 g/mol. The number of likely N-dealkylation sites (N-methyl/N-ethyl adjacent to an activating group) is 1. The van der Waals surface area contributed by atoms with Crippen LogP contribution in [-0.2, 0) is 4.79 Å². The van der Waals surface area contributed by atoms with E-state index in [0.717, 1.165) is 38.2 Å². The minimum Gasteiger partial charge on any atom is -0.494 e. The second-order valence-corrected chi connectivity index (χ2v) is 7.79. The lowest BCUT2D eigenvalue weighted by atomic mass is 10.2. The highest BCUT2D eigenvalue weighted by Crippen LogP contribution is 2.33. The topological polar surface area (TPSA) is 66.5 Å². The number of carbonyl (C=O) groups excluding carboxylic acids is 1. The van der Waals surface area contributed by atoms with Crippen molar-refractivity contribution in [3.05, 3.63) is 72.8 Å². The van der Waals surface area contributed by atoms with Crippen LogP contribution in [0.5, 0.6) is 5.75 Å². The number of amides is 1. The molecule has 4 aromatic rings. The zero-order valence-corrected chi connectivity index (χ0v) is 17.6. The molecule has 0 saturated carbocycles. The van der Waals surface area contributed by atoms with Crippen molar-refractivity contribution in [3.8, 4) is 5.75 Å². The van der Waals surface area contributed by atoms with E-state index >= 15 is 0 Å². The van der Waals surface area contributed by atoms with Crippen LogP contribution in [0.4, 0.5) is 22.2 Å². The molecule has 2 N–H and O–H groups in total. The number of nitrogens with zero attached hydrogens (tertiary/aromatic N) is 2. The molecule has 0 atom stereocenters. The second-order valence-electron chi connectivity index (χ2n) is 6.78. The normalized spacial score (nSPS) is 10.6. The molecular formula is C23H22N4O2S. The first kappa shape index (κ1) is 19.7. The van der Waals surface area contributed by atoms with Gasteiger partial charge in [0.2, 0.25) is 5.91 Å². The molecule has 0 aliphatic carbocycles. The van der Waals surface area contributed by atoms with Crippen LogP contribution in [0.1, 0.15) is 0 Å². The third-order valence-electron chi connectivity index (χ3n) is 4.53. The Morgan fingerprint density at radius 3 is 2.40 bits per heavy atom. The van der Waals surface area contributed by atoms with Crippen LogP contribution in [0.2, 0.25) is 0 Å². The van der Waals surface area contributed by atoms with Gasteiger partial charge in [-0.15, -0.1) is 0 Å². The third-order valence-corrected chi connectivity index (χ3v) is 5.66. The molecule has 4 rings (SSSR count). The number of aromatic nitrogens is 1. The van der Waals surface area contributed by atoms with Gasteiger partial charge in [-0.3, -0.25) is 4.79 Å². The lowest BCUT2D eigenvalue weighted by Crippen LogP contribution is -2.29. The maximum atomic E-state index is 12.5. The van der Waals surface area contributed by atoms with Gasteiger partial charge in [-0.2, -0.15) is 0 Å². The summed E-state index contributed by atoms with van der Waals surface area (Å²) in [6.45, 7) is 0.201. The van der Waals surface area contributed by atoms with Crippen molar-refractivity contribution in [2.75, 3.05) is 36.2 Å². The Morgan fingerprint density at radius 1 is 0.967 bits per heavy atom. The maximum absolute atomic E-state index is 12.5. The molecule has 1 heterocycles. The standard InChI is InChI=1S/C23H22N4O2S/c1-27(23-26-22-19(29-2)9-6-10-20(22)30-23)15-21(28)25-18-13-11-17(12-14-18)24-16-7-4-3-5-8-16/h3-14,24H,15H2,1-2H3,(H,25,28). The maximum Gasteiger partial charge on any atom is 0.243 e. The Hall–Kier alpha value is -3.58. The van der Waals surface area contributed by atoms with Crippen LogP contribution in [0.25, 0.3) is 10.2 Å². The fourth-order valence-electron chi connectivity index (χ4n) is 3.05. The van der Waals surface area contributed by atoms with E-state index in [9.17, 15) is 4.79 Å². The Balaban J connectivity index is 1.37. The van der Waals surface area contributed by atoms with Crippen molar-refractivity contribution in [2.45, 2.75) is 0 Å². The first-order valence-corrected chi connectivity index (χ1v) is 10.3. The molecule has 0 aliphatic heterocycles. The van der Waals surface area contributed by atoms with E-state index in [1.165, 1.54) is 11.3 Å². The number of ether oxygens (including phenoxy) is 1. The monoisotopic (exact) mass is 418 g/mol. The number of methoxy groups -OCH3 is 1. The van der Waals surface area contributed by atoms with E-state index in [4.69, 9.17) is 4.74 Å². The Morgan fingerprint density at radius 2 is 1.67 bits per heavy atom. The van der Waals surface area contributed by atoms with Crippen LogP contribution in [0.3, 0.4) is 0 Å². The van der Waals surface area contributed by atoms with Gasteiger partial charge in [0, 0.05) is 24.1 Å². The van der Waals surface area contributed by atoms with Gasteiger partial charge in [0.1, 0.15) is 11.3 Å². The molecule has 7 heteroatoms. The summed E-state index contributed by atoms with van der Waals surface area (Å²) in [5.41, 5.74) is 3.54. The largest absolute Gasteiger partial charge is 0.494 e. The summed E-state index contributed by atoms with van der Waals surface area (Å²) >= 11 is 1.53. The van der Waals surface area contributed by atoms with Gasteiger partial charge in [-0.1, -0.05) is 35.6 Å². The predicted octanol–water partition coefficient (Wildman–Crippen LogP) is 5.12. The molecule has 3 aromatic carbocycles. The van der Waals surface area contributed by atoms with Gasteiger partial charge in [0.15, 0.2) is 5.13 Å². The van der Waals surface area contributed by atoms with Crippen LogP contribution in [-0.4, -0.2) is 31.6 Å². The molecule has 30 heavy (non-hydrogen) atoms. The number of para-hydroxylation sites is 2. The SMILES string of the molecule is COc1cccc2sc(N(C)CC(=O)Nc3ccc(Nc4ccccc4)cc3)nc12. The lowest BCUT2D eigenvalue weighted by Gasteiger charge is -2.15. The number of thiazole rings is 1. The number of benzene rings is 3. The van der Waals surface area contributed by atoms with Gasteiger partial charge >= 0.3 is 0 Å². The summed E-state index contributed by atoms with van der Waals surface area (Å²) in [6.07, 6.45) is 0. The van der Waals surface area contributed by atoms with Gasteiger partial charge in [0.25, 0.3) is 0 Å². The summed E-state index contributed by atoms with van der Waals surface area (Å²) in [7, 11) is 3.49. The number of anilines is 4. The third kappa shape index (κ3) is 4.52. The molecule has 0 spiro atoms.